The van der Waals surface area contributed by atoms with Crippen molar-refractivity contribution >= 4 is 34.6 Å². The maximum Gasteiger partial charge on any atom is 0.298 e. The van der Waals surface area contributed by atoms with Crippen LogP contribution in [0.15, 0.2) is 27.1 Å². The summed E-state index contributed by atoms with van der Waals surface area (Å²) in [7, 11) is 0. The fourth-order valence-corrected chi connectivity index (χ4v) is 4.03. The van der Waals surface area contributed by atoms with Crippen molar-refractivity contribution in [1.29, 1.82) is 0 Å². The van der Waals surface area contributed by atoms with Gasteiger partial charge in [-0.2, -0.15) is 9.97 Å². The molecule has 1 aliphatic carbocycles. The Balaban J connectivity index is 1.20. The SMILES string of the molecule is O=C(NCc1noc(C2CCC2)n1)C1CCCN(c2nc3cc(Cl)ccc3o2)C1. The topological polar surface area (TPSA) is 97.3 Å². The molecule has 29 heavy (non-hydrogen) atoms. The van der Waals surface area contributed by atoms with Crippen LogP contribution in [0.4, 0.5) is 6.01 Å². The van der Waals surface area contributed by atoms with Gasteiger partial charge in [0.1, 0.15) is 5.52 Å². The number of rotatable bonds is 5. The molecule has 2 fully saturated rings. The Bertz CT molecular complexity index is 1030. The molecule has 152 valence electrons. The molecule has 2 aromatic heterocycles. The van der Waals surface area contributed by atoms with Gasteiger partial charge < -0.3 is 19.2 Å². The van der Waals surface area contributed by atoms with Gasteiger partial charge in [-0.15, -0.1) is 0 Å². The molecule has 1 aromatic carbocycles. The van der Waals surface area contributed by atoms with E-state index in [0.29, 0.717) is 40.8 Å². The van der Waals surface area contributed by atoms with Crippen LogP contribution in [0.2, 0.25) is 5.02 Å². The molecule has 1 saturated heterocycles. The molecule has 5 rings (SSSR count). The van der Waals surface area contributed by atoms with Crippen LogP contribution in [0.25, 0.3) is 11.1 Å². The van der Waals surface area contributed by atoms with Gasteiger partial charge in [0.05, 0.1) is 12.5 Å². The second-order valence-corrected chi connectivity index (χ2v) is 8.22. The first-order chi connectivity index (χ1) is 14.2. The van der Waals surface area contributed by atoms with Crippen LogP contribution < -0.4 is 10.2 Å². The summed E-state index contributed by atoms with van der Waals surface area (Å²) >= 11 is 6.03. The van der Waals surface area contributed by atoms with Crippen molar-refractivity contribution in [1.82, 2.24) is 20.4 Å². The van der Waals surface area contributed by atoms with Crippen molar-refractivity contribution in [2.75, 3.05) is 18.0 Å². The number of nitrogens with zero attached hydrogens (tertiary/aromatic N) is 4. The third-order valence-electron chi connectivity index (χ3n) is 5.76. The van der Waals surface area contributed by atoms with E-state index < -0.39 is 0 Å². The lowest BCUT2D eigenvalue weighted by Gasteiger charge is -2.30. The Kier molecular flexibility index (Phi) is 4.87. The van der Waals surface area contributed by atoms with Gasteiger partial charge in [-0.3, -0.25) is 4.79 Å². The Morgan fingerprint density at radius 3 is 2.97 bits per heavy atom. The molecule has 3 aromatic rings. The molecule has 1 unspecified atom stereocenters. The number of aromatic nitrogens is 3. The first kappa shape index (κ1) is 18.4. The summed E-state index contributed by atoms with van der Waals surface area (Å²) in [5.41, 5.74) is 1.41. The smallest absolute Gasteiger partial charge is 0.298 e. The van der Waals surface area contributed by atoms with E-state index >= 15 is 0 Å². The normalized spacial score (nSPS) is 20.0. The number of amides is 1. The Labute approximate surface area is 172 Å². The molecule has 9 heteroatoms. The van der Waals surface area contributed by atoms with Gasteiger partial charge in [-0.05, 0) is 43.9 Å². The van der Waals surface area contributed by atoms with E-state index in [1.807, 2.05) is 11.0 Å². The zero-order chi connectivity index (χ0) is 19.8. The summed E-state index contributed by atoms with van der Waals surface area (Å²) in [5.74, 6) is 1.47. The molecule has 0 radical (unpaired) electrons. The van der Waals surface area contributed by atoms with Crippen LogP contribution in [-0.4, -0.2) is 34.1 Å². The van der Waals surface area contributed by atoms with Crippen molar-refractivity contribution in [2.24, 2.45) is 5.92 Å². The van der Waals surface area contributed by atoms with Crippen molar-refractivity contribution < 1.29 is 13.7 Å². The molecule has 1 aliphatic heterocycles. The monoisotopic (exact) mass is 415 g/mol. The average molecular weight is 416 g/mol. The van der Waals surface area contributed by atoms with E-state index in [9.17, 15) is 4.79 Å². The Hall–Kier alpha value is -2.61. The summed E-state index contributed by atoms with van der Waals surface area (Å²) in [4.78, 5) is 23.6. The second kappa shape index (κ2) is 7.67. The summed E-state index contributed by atoms with van der Waals surface area (Å²) in [6.07, 6.45) is 5.14. The molecule has 2 aliphatic rings. The number of halogens is 1. The third kappa shape index (κ3) is 3.81. The number of piperidine rings is 1. The van der Waals surface area contributed by atoms with E-state index in [4.69, 9.17) is 20.5 Å². The number of hydrogen-bond acceptors (Lipinski definition) is 7. The maximum absolute atomic E-state index is 12.7. The minimum Gasteiger partial charge on any atom is -0.423 e. The summed E-state index contributed by atoms with van der Waals surface area (Å²) in [5, 5.41) is 7.55. The van der Waals surface area contributed by atoms with E-state index in [1.54, 1.807) is 12.1 Å². The molecule has 0 bridgehead atoms. The zero-order valence-corrected chi connectivity index (χ0v) is 16.7. The molecule has 1 saturated carbocycles. The molecule has 1 N–H and O–H groups in total. The summed E-state index contributed by atoms with van der Waals surface area (Å²) < 4.78 is 11.2. The largest absolute Gasteiger partial charge is 0.423 e. The van der Waals surface area contributed by atoms with Crippen LogP contribution in [0.3, 0.4) is 0 Å². The third-order valence-corrected chi connectivity index (χ3v) is 6.00. The number of benzene rings is 1. The van der Waals surface area contributed by atoms with Crippen LogP contribution >= 0.6 is 11.6 Å². The highest BCUT2D eigenvalue weighted by molar-refractivity contribution is 6.31. The van der Waals surface area contributed by atoms with Crippen molar-refractivity contribution in [2.45, 2.75) is 44.6 Å². The standard InChI is InChI=1S/C20H22ClN5O3/c21-14-6-7-16-15(9-14)23-20(28-16)26-8-2-5-13(11-26)18(27)22-10-17-24-19(29-25-17)12-3-1-4-12/h6-7,9,12-13H,1-5,8,10-11H2,(H,22,27). The fourth-order valence-electron chi connectivity index (χ4n) is 3.86. The number of carbonyl (C=O) groups is 1. The molecule has 1 atom stereocenters. The zero-order valence-electron chi connectivity index (χ0n) is 15.9. The number of oxazole rings is 1. The first-order valence-corrected chi connectivity index (χ1v) is 10.4. The average Bonchev–Trinajstić information content (AvgIpc) is 3.31. The maximum atomic E-state index is 12.7. The lowest BCUT2D eigenvalue weighted by Crippen LogP contribution is -2.43. The lowest BCUT2D eigenvalue weighted by atomic mass is 9.85. The lowest BCUT2D eigenvalue weighted by molar-refractivity contribution is -0.125. The first-order valence-electron chi connectivity index (χ1n) is 10.1. The van der Waals surface area contributed by atoms with Gasteiger partial charge in [0.25, 0.3) is 6.01 Å². The van der Waals surface area contributed by atoms with E-state index in [2.05, 4.69) is 20.4 Å². The summed E-state index contributed by atoms with van der Waals surface area (Å²) in [6.45, 7) is 1.65. The van der Waals surface area contributed by atoms with Crippen LogP contribution in [0, 0.1) is 5.92 Å². The van der Waals surface area contributed by atoms with Gasteiger partial charge in [0, 0.05) is 24.0 Å². The molecule has 3 heterocycles. The quantitative estimate of drug-likeness (QED) is 0.678. The summed E-state index contributed by atoms with van der Waals surface area (Å²) in [6, 6.07) is 5.90. The van der Waals surface area contributed by atoms with Gasteiger partial charge in [0.2, 0.25) is 11.8 Å². The predicted octanol–water partition coefficient (Wildman–Crippen LogP) is 3.66. The highest BCUT2D eigenvalue weighted by Gasteiger charge is 2.29. The highest BCUT2D eigenvalue weighted by atomic mass is 35.5. The van der Waals surface area contributed by atoms with Crippen molar-refractivity contribution in [3.8, 4) is 0 Å². The van der Waals surface area contributed by atoms with E-state index in [1.165, 1.54) is 6.42 Å². The number of hydrogen-bond donors (Lipinski definition) is 1. The van der Waals surface area contributed by atoms with Crippen LogP contribution in [0.1, 0.15) is 49.7 Å². The number of anilines is 1. The minimum absolute atomic E-state index is 0.0103. The van der Waals surface area contributed by atoms with Crippen molar-refractivity contribution in [3.63, 3.8) is 0 Å². The number of nitrogens with one attached hydrogen (secondary N) is 1. The van der Waals surface area contributed by atoms with Gasteiger partial charge in [0.15, 0.2) is 11.4 Å². The van der Waals surface area contributed by atoms with E-state index in [0.717, 1.165) is 37.7 Å². The van der Waals surface area contributed by atoms with Gasteiger partial charge >= 0.3 is 0 Å². The molecule has 1 amide bonds. The van der Waals surface area contributed by atoms with Gasteiger partial charge in [-0.25, -0.2) is 0 Å². The molecular formula is C20H22ClN5O3. The molecule has 0 spiro atoms. The molecular weight excluding hydrogens is 394 g/mol. The Morgan fingerprint density at radius 2 is 2.14 bits per heavy atom. The second-order valence-electron chi connectivity index (χ2n) is 7.79. The van der Waals surface area contributed by atoms with Crippen LogP contribution in [0.5, 0.6) is 0 Å². The predicted molar refractivity (Wildman–Crippen MR) is 107 cm³/mol. The highest BCUT2D eigenvalue weighted by Crippen LogP contribution is 2.35. The van der Waals surface area contributed by atoms with E-state index in [-0.39, 0.29) is 18.4 Å². The van der Waals surface area contributed by atoms with Crippen LogP contribution in [-0.2, 0) is 11.3 Å². The minimum atomic E-state index is -0.139. The molecule has 8 nitrogen and oxygen atoms in total. The van der Waals surface area contributed by atoms with Gasteiger partial charge in [-0.1, -0.05) is 23.2 Å². The fraction of sp³-hybridized carbons (Fsp3) is 0.500. The Morgan fingerprint density at radius 1 is 1.24 bits per heavy atom. The number of fused-ring (bicyclic) bond motifs is 1. The number of carbonyl (C=O) groups excluding carboxylic acids is 1. The van der Waals surface area contributed by atoms with Crippen molar-refractivity contribution in [3.05, 3.63) is 34.9 Å².